The summed E-state index contributed by atoms with van der Waals surface area (Å²) in [6, 6.07) is 14.9. The summed E-state index contributed by atoms with van der Waals surface area (Å²) in [5, 5.41) is 3.74. The minimum atomic E-state index is 0. The highest BCUT2D eigenvalue weighted by atomic mass is 79.9. The van der Waals surface area contributed by atoms with Crippen molar-refractivity contribution in [2.75, 3.05) is 7.11 Å². The molecule has 1 saturated carbocycles. The Hall–Kier alpha value is -1.23. The fraction of sp³-hybridized carbons (Fsp3) is 0.455. The van der Waals surface area contributed by atoms with E-state index in [0.717, 1.165) is 33.6 Å². The largest absolute Gasteiger partial charge is 0.493 e. The molecule has 2 aromatic rings. The third-order valence-corrected chi connectivity index (χ3v) is 5.44. The molecule has 1 aliphatic carbocycles. The molecule has 1 N–H and O–H groups in total. The van der Waals surface area contributed by atoms with E-state index in [9.17, 15) is 0 Å². The van der Waals surface area contributed by atoms with Gasteiger partial charge in [-0.15, -0.1) is 12.4 Å². The van der Waals surface area contributed by atoms with Gasteiger partial charge in [-0.1, -0.05) is 71.9 Å². The first-order valence-electron chi connectivity index (χ1n) is 9.53. The summed E-state index contributed by atoms with van der Waals surface area (Å²) in [5.74, 6) is 1.61. The summed E-state index contributed by atoms with van der Waals surface area (Å²) in [7, 11) is 1.69. The second kappa shape index (κ2) is 11.6. The van der Waals surface area contributed by atoms with Gasteiger partial charge in [-0.3, -0.25) is 0 Å². The van der Waals surface area contributed by atoms with Crippen molar-refractivity contribution in [2.24, 2.45) is 0 Å². The number of hydrogen-bond donors (Lipinski definition) is 1. The summed E-state index contributed by atoms with van der Waals surface area (Å²) < 4.78 is 12.8. The summed E-state index contributed by atoms with van der Waals surface area (Å²) in [5.41, 5.74) is 2.29. The molecule has 0 unspecified atom stereocenters. The molecule has 0 radical (unpaired) electrons. The van der Waals surface area contributed by atoms with Crippen molar-refractivity contribution in [1.29, 1.82) is 0 Å². The second-order valence-corrected chi connectivity index (χ2v) is 7.86. The monoisotopic (exact) mass is 453 g/mol. The lowest BCUT2D eigenvalue weighted by molar-refractivity contribution is 0.279. The molecular formula is C22H29BrClNO2. The minimum absolute atomic E-state index is 0. The first-order valence-corrected chi connectivity index (χ1v) is 10.3. The normalized spacial score (nSPS) is 14.9. The van der Waals surface area contributed by atoms with Crippen LogP contribution in [0.4, 0.5) is 0 Å². The minimum Gasteiger partial charge on any atom is -0.493 e. The molecule has 0 amide bonds. The van der Waals surface area contributed by atoms with Gasteiger partial charge >= 0.3 is 0 Å². The molecule has 0 aromatic heterocycles. The van der Waals surface area contributed by atoms with Gasteiger partial charge in [0.25, 0.3) is 0 Å². The number of nitrogens with one attached hydrogen (secondary N) is 1. The van der Waals surface area contributed by atoms with Crippen molar-refractivity contribution < 1.29 is 9.47 Å². The van der Waals surface area contributed by atoms with E-state index >= 15 is 0 Å². The Balaban J connectivity index is 0.00000261. The lowest BCUT2D eigenvalue weighted by Gasteiger charge is -2.20. The van der Waals surface area contributed by atoms with Crippen molar-refractivity contribution in [1.82, 2.24) is 5.32 Å². The van der Waals surface area contributed by atoms with Crippen LogP contribution >= 0.6 is 28.3 Å². The quantitative estimate of drug-likeness (QED) is 0.500. The zero-order valence-corrected chi connectivity index (χ0v) is 18.3. The maximum Gasteiger partial charge on any atom is 0.166 e. The van der Waals surface area contributed by atoms with Crippen molar-refractivity contribution in [3.05, 3.63) is 58.1 Å². The van der Waals surface area contributed by atoms with E-state index in [4.69, 9.17) is 9.47 Å². The Morgan fingerprint density at radius 1 is 1.04 bits per heavy atom. The molecule has 0 heterocycles. The van der Waals surface area contributed by atoms with E-state index in [1.807, 2.05) is 24.3 Å². The highest BCUT2D eigenvalue weighted by molar-refractivity contribution is 9.10. The summed E-state index contributed by atoms with van der Waals surface area (Å²) in [6.07, 6.45) is 7.94. The first kappa shape index (κ1) is 22.1. The molecule has 1 aliphatic rings. The zero-order valence-electron chi connectivity index (χ0n) is 15.9. The van der Waals surface area contributed by atoms with Gasteiger partial charge < -0.3 is 14.8 Å². The van der Waals surface area contributed by atoms with E-state index in [1.165, 1.54) is 38.5 Å². The van der Waals surface area contributed by atoms with Crippen LogP contribution in [-0.4, -0.2) is 13.2 Å². The molecule has 5 heteroatoms. The molecule has 0 saturated heterocycles. The number of benzene rings is 2. The maximum atomic E-state index is 6.18. The van der Waals surface area contributed by atoms with Crippen LogP contribution in [0.1, 0.15) is 49.7 Å². The molecule has 0 aliphatic heterocycles. The summed E-state index contributed by atoms with van der Waals surface area (Å²) in [4.78, 5) is 0. The Morgan fingerprint density at radius 2 is 1.74 bits per heavy atom. The highest BCUT2D eigenvalue weighted by Gasteiger charge is 2.16. The van der Waals surface area contributed by atoms with Gasteiger partial charge in [0.15, 0.2) is 11.5 Å². The van der Waals surface area contributed by atoms with Crippen LogP contribution in [0.3, 0.4) is 0 Å². The van der Waals surface area contributed by atoms with Crippen LogP contribution in [-0.2, 0) is 13.2 Å². The number of methoxy groups -OCH3 is 1. The predicted molar refractivity (Wildman–Crippen MR) is 117 cm³/mol. The van der Waals surface area contributed by atoms with Gasteiger partial charge in [0.1, 0.15) is 6.61 Å². The lowest BCUT2D eigenvalue weighted by Crippen LogP contribution is -2.28. The van der Waals surface area contributed by atoms with Gasteiger partial charge in [0, 0.05) is 22.6 Å². The number of halogens is 2. The molecule has 0 atom stereocenters. The fourth-order valence-corrected chi connectivity index (χ4v) is 4.02. The standard InChI is InChI=1S/C22H28BrNO2.ClH/c1-25-21-14-19(23)13-18(15-24-20-11-7-2-3-8-12-20)22(21)26-16-17-9-5-4-6-10-17;/h4-6,9-10,13-14,20,24H,2-3,7-8,11-12,15-16H2,1H3;1H. The zero-order chi connectivity index (χ0) is 18.2. The summed E-state index contributed by atoms with van der Waals surface area (Å²) >= 11 is 3.60. The van der Waals surface area contributed by atoms with Crippen molar-refractivity contribution in [3.63, 3.8) is 0 Å². The van der Waals surface area contributed by atoms with Gasteiger partial charge in [-0.2, -0.15) is 0 Å². The van der Waals surface area contributed by atoms with E-state index in [2.05, 4.69) is 39.4 Å². The van der Waals surface area contributed by atoms with Crippen LogP contribution in [0, 0.1) is 0 Å². The third-order valence-electron chi connectivity index (χ3n) is 4.98. The lowest BCUT2D eigenvalue weighted by atomic mass is 10.1. The Labute approximate surface area is 177 Å². The smallest absolute Gasteiger partial charge is 0.166 e. The molecule has 0 spiro atoms. The van der Waals surface area contributed by atoms with Gasteiger partial charge in [-0.05, 0) is 30.5 Å². The fourth-order valence-electron chi connectivity index (χ4n) is 3.54. The Kier molecular flexibility index (Phi) is 9.46. The molecule has 3 nitrogen and oxygen atoms in total. The van der Waals surface area contributed by atoms with Crippen molar-refractivity contribution >= 4 is 28.3 Å². The molecular weight excluding hydrogens is 426 g/mol. The summed E-state index contributed by atoms with van der Waals surface area (Å²) in [6.45, 7) is 1.33. The van der Waals surface area contributed by atoms with Gasteiger partial charge in [0.2, 0.25) is 0 Å². The first-order chi connectivity index (χ1) is 12.8. The van der Waals surface area contributed by atoms with Crippen molar-refractivity contribution in [2.45, 2.75) is 57.7 Å². The van der Waals surface area contributed by atoms with E-state index < -0.39 is 0 Å². The third kappa shape index (κ3) is 6.70. The molecule has 0 bridgehead atoms. The van der Waals surface area contributed by atoms with Crippen molar-refractivity contribution in [3.8, 4) is 11.5 Å². The SMILES string of the molecule is COc1cc(Br)cc(CNC2CCCCCC2)c1OCc1ccccc1.Cl. The Bertz CT molecular complexity index is 688. The number of rotatable bonds is 7. The van der Waals surface area contributed by atoms with Gasteiger partial charge in [-0.25, -0.2) is 0 Å². The van der Waals surface area contributed by atoms with Crippen LogP contribution in [0.25, 0.3) is 0 Å². The molecule has 148 valence electrons. The molecule has 27 heavy (non-hydrogen) atoms. The average Bonchev–Trinajstić information content (AvgIpc) is 2.94. The number of ether oxygens (including phenoxy) is 2. The van der Waals surface area contributed by atoms with E-state index in [-0.39, 0.29) is 12.4 Å². The Morgan fingerprint density at radius 3 is 2.41 bits per heavy atom. The molecule has 3 rings (SSSR count). The van der Waals surface area contributed by atoms with Crippen LogP contribution in [0.2, 0.25) is 0 Å². The number of hydrogen-bond acceptors (Lipinski definition) is 3. The predicted octanol–water partition coefficient (Wildman–Crippen LogP) is 6.27. The average molecular weight is 455 g/mol. The van der Waals surface area contributed by atoms with Crippen LogP contribution < -0.4 is 14.8 Å². The second-order valence-electron chi connectivity index (χ2n) is 6.94. The van der Waals surface area contributed by atoms with Gasteiger partial charge in [0.05, 0.1) is 7.11 Å². The molecule has 1 fully saturated rings. The van der Waals surface area contributed by atoms with Crippen LogP contribution in [0.15, 0.2) is 46.9 Å². The van der Waals surface area contributed by atoms with Crippen LogP contribution in [0.5, 0.6) is 11.5 Å². The maximum absolute atomic E-state index is 6.18. The molecule has 2 aromatic carbocycles. The van der Waals surface area contributed by atoms with E-state index in [1.54, 1.807) is 7.11 Å². The highest BCUT2D eigenvalue weighted by Crippen LogP contribution is 2.35. The topological polar surface area (TPSA) is 30.5 Å². The van der Waals surface area contributed by atoms with E-state index in [0.29, 0.717) is 12.6 Å².